The molecule has 51 heavy (non-hydrogen) atoms. The highest BCUT2D eigenvalue weighted by molar-refractivity contribution is 5.92. The summed E-state index contributed by atoms with van der Waals surface area (Å²) in [5.74, 6) is -1.36. The van der Waals surface area contributed by atoms with Gasteiger partial charge in [-0.2, -0.15) is 0 Å². The average Bonchev–Trinajstić information content (AvgIpc) is 2.88. The van der Waals surface area contributed by atoms with Crippen LogP contribution in [0.3, 0.4) is 0 Å². The monoisotopic (exact) mass is 730 g/mol. The maximum Gasteiger partial charge on any atom is 0.243 e. The second kappa shape index (κ2) is 20.8. The molecular weight excluding hydrogens is 654 g/mol. The molecule has 0 aliphatic rings. The number of unbranched alkanes of at least 4 members (excludes halogenated alkanes) is 1. The topological polar surface area (TPSA) is 222 Å². The van der Waals surface area contributed by atoms with Crippen LogP contribution in [0, 0.1) is 0 Å². The lowest BCUT2D eigenvalue weighted by molar-refractivity contribution is -0.134. The summed E-state index contributed by atoms with van der Waals surface area (Å²) < 4.78 is 17.4. The Hall–Kier alpha value is -2.36. The molecule has 0 fully saturated rings. The van der Waals surface area contributed by atoms with Crippen molar-refractivity contribution in [1.82, 2.24) is 21.3 Å². The SMILES string of the molecule is C[C@H](NC(=O)C(CCCCNC(=O)CC(C)(C)OCCC(C)(C)N)NC(=O)CC(C)(C)OCCC(C)(C)N)C(=O)NC(C)(C)CCOC(C)(C)N. The van der Waals surface area contributed by atoms with E-state index in [1.165, 1.54) is 0 Å². The van der Waals surface area contributed by atoms with Crippen molar-refractivity contribution in [2.45, 2.75) is 187 Å². The molecule has 0 saturated carbocycles. The van der Waals surface area contributed by atoms with Gasteiger partial charge in [-0.15, -0.1) is 0 Å². The molecule has 0 aliphatic heterocycles. The maximum atomic E-state index is 13.5. The number of amides is 4. The van der Waals surface area contributed by atoms with Gasteiger partial charge in [-0.25, -0.2) is 0 Å². The van der Waals surface area contributed by atoms with Crippen molar-refractivity contribution in [3.05, 3.63) is 0 Å². The Bertz CT molecular complexity index is 1090. The van der Waals surface area contributed by atoms with Crippen molar-refractivity contribution in [2.24, 2.45) is 17.2 Å². The minimum atomic E-state index is -0.908. The quantitative estimate of drug-likeness (QED) is 0.0510. The average molecular weight is 730 g/mol. The van der Waals surface area contributed by atoms with Crippen LogP contribution in [-0.2, 0) is 33.4 Å². The molecule has 1 unspecified atom stereocenters. The molecule has 14 nitrogen and oxygen atoms in total. The molecule has 0 aromatic carbocycles. The molecule has 300 valence electrons. The van der Waals surface area contributed by atoms with Gasteiger partial charge in [-0.1, -0.05) is 0 Å². The zero-order valence-corrected chi connectivity index (χ0v) is 34.2. The van der Waals surface area contributed by atoms with Gasteiger partial charge in [-0.05, 0) is 129 Å². The van der Waals surface area contributed by atoms with Crippen molar-refractivity contribution in [1.29, 1.82) is 0 Å². The van der Waals surface area contributed by atoms with Gasteiger partial charge in [-0.3, -0.25) is 19.2 Å². The van der Waals surface area contributed by atoms with Crippen LogP contribution in [0.15, 0.2) is 0 Å². The maximum absolute atomic E-state index is 13.5. The Morgan fingerprint density at radius 3 is 1.55 bits per heavy atom. The molecule has 0 heterocycles. The Kier molecular flexibility index (Phi) is 19.8. The standard InChI is InChI=1S/C37H75N7O7/c1-26(30(47)44-34(6,7)19-23-51-37(12,13)40)42-31(48)27(43-29(46)25-36(10,11)50-22-18-33(4,5)39)16-14-15-20-41-28(45)24-35(8,9)49-21-17-32(2,3)38/h26-27H,14-25,38-40H2,1-13H3,(H,41,45)(H,42,48)(H,43,46)(H,44,47)/t26-,27?/m0/s1. The summed E-state index contributed by atoms with van der Waals surface area (Å²) in [7, 11) is 0. The third-order valence-corrected chi connectivity index (χ3v) is 7.96. The smallest absolute Gasteiger partial charge is 0.243 e. The summed E-state index contributed by atoms with van der Waals surface area (Å²) in [6.07, 6.45) is 3.40. The molecule has 0 spiro atoms. The van der Waals surface area contributed by atoms with Crippen LogP contribution in [0.1, 0.15) is 141 Å². The largest absolute Gasteiger partial charge is 0.375 e. The van der Waals surface area contributed by atoms with Crippen LogP contribution in [0.5, 0.6) is 0 Å². The fourth-order valence-corrected chi connectivity index (χ4v) is 4.79. The number of nitrogens with one attached hydrogen (secondary N) is 4. The predicted molar refractivity (Wildman–Crippen MR) is 203 cm³/mol. The van der Waals surface area contributed by atoms with Crippen molar-refractivity contribution in [2.75, 3.05) is 26.4 Å². The normalized spacial score (nSPS) is 14.4. The van der Waals surface area contributed by atoms with Gasteiger partial charge in [0.2, 0.25) is 23.6 Å². The Morgan fingerprint density at radius 1 is 0.608 bits per heavy atom. The van der Waals surface area contributed by atoms with E-state index in [1.54, 1.807) is 20.8 Å². The van der Waals surface area contributed by atoms with E-state index in [4.69, 9.17) is 31.4 Å². The molecule has 0 bridgehead atoms. The molecule has 0 aromatic heterocycles. The summed E-state index contributed by atoms with van der Waals surface area (Å²) in [5, 5.41) is 11.5. The van der Waals surface area contributed by atoms with Crippen molar-refractivity contribution in [3.8, 4) is 0 Å². The first-order valence-corrected chi connectivity index (χ1v) is 18.4. The van der Waals surface area contributed by atoms with Crippen molar-refractivity contribution in [3.63, 3.8) is 0 Å². The highest BCUT2D eigenvalue weighted by Gasteiger charge is 2.30. The van der Waals surface area contributed by atoms with E-state index in [1.807, 2.05) is 69.2 Å². The van der Waals surface area contributed by atoms with Crippen LogP contribution >= 0.6 is 0 Å². The molecule has 4 amide bonds. The zero-order chi connectivity index (χ0) is 39.9. The van der Waals surface area contributed by atoms with Crippen LogP contribution < -0.4 is 38.5 Å². The fraction of sp³-hybridized carbons (Fsp3) is 0.892. The van der Waals surface area contributed by atoms with Crippen LogP contribution in [0.2, 0.25) is 0 Å². The first-order valence-electron chi connectivity index (χ1n) is 18.4. The van der Waals surface area contributed by atoms with Crippen LogP contribution in [0.4, 0.5) is 0 Å². The van der Waals surface area contributed by atoms with Gasteiger partial charge >= 0.3 is 0 Å². The van der Waals surface area contributed by atoms with Gasteiger partial charge in [0, 0.05) is 36.4 Å². The van der Waals surface area contributed by atoms with Gasteiger partial charge < -0.3 is 52.7 Å². The van der Waals surface area contributed by atoms with E-state index in [0.29, 0.717) is 64.9 Å². The van der Waals surface area contributed by atoms with Gasteiger partial charge in [0.25, 0.3) is 0 Å². The molecule has 0 radical (unpaired) electrons. The molecule has 0 rings (SSSR count). The molecule has 10 N–H and O–H groups in total. The number of nitrogens with two attached hydrogens (primary N) is 3. The summed E-state index contributed by atoms with van der Waals surface area (Å²) in [5.41, 5.74) is 14.4. The lowest BCUT2D eigenvalue weighted by atomic mass is 10.0. The third kappa shape index (κ3) is 27.0. The third-order valence-electron chi connectivity index (χ3n) is 7.96. The number of ether oxygens (including phenoxy) is 3. The zero-order valence-electron chi connectivity index (χ0n) is 34.2. The number of hydrogen-bond acceptors (Lipinski definition) is 10. The first-order chi connectivity index (χ1) is 22.9. The Morgan fingerprint density at radius 2 is 1.08 bits per heavy atom. The van der Waals surface area contributed by atoms with Gasteiger partial charge in [0.1, 0.15) is 17.8 Å². The van der Waals surface area contributed by atoms with Crippen molar-refractivity contribution < 1.29 is 33.4 Å². The second-order valence-electron chi connectivity index (χ2n) is 17.8. The first kappa shape index (κ1) is 48.6. The Labute approximate surface area is 308 Å². The molecule has 0 saturated heterocycles. The number of rotatable bonds is 26. The molecule has 2 atom stereocenters. The van der Waals surface area contributed by atoms with Gasteiger partial charge in [0.05, 0.1) is 30.7 Å². The van der Waals surface area contributed by atoms with E-state index in [9.17, 15) is 19.2 Å². The van der Waals surface area contributed by atoms with E-state index < -0.39 is 46.0 Å². The second-order valence-corrected chi connectivity index (χ2v) is 17.8. The highest BCUT2D eigenvalue weighted by Crippen LogP contribution is 2.18. The van der Waals surface area contributed by atoms with E-state index in [2.05, 4.69) is 21.3 Å². The number of hydrogen-bond donors (Lipinski definition) is 7. The summed E-state index contributed by atoms with van der Waals surface area (Å²) >= 11 is 0. The van der Waals surface area contributed by atoms with Crippen molar-refractivity contribution >= 4 is 23.6 Å². The lowest BCUT2D eigenvalue weighted by Crippen LogP contribution is -2.56. The molecule has 0 aromatic rings. The summed E-state index contributed by atoms with van der Waals surface area (Å²) in [6, 6.07) is -1.78. The number of carbonyl (C=O) groups is 4. The van der Waals surface area contributed by atoms with E-state index >= 15 is 0 Å². The van der Waals surface area contributed by atoms with E-state index in [0.717, 1.165) is 0 Å². The minimum Gasteiger partial charge on any atom is -0.375 e. The predicted octanol–water partition coefficient (Wildman–Crippen LogP) is 2.88. The highest BCUT2D eigenvalue weighted by atomic mass is 16.5. The number of carbonyl (C=O) groups excluding carboxylic acids is 4. The molecule has 14 heteroatoms. The Balaban J connectivity index is 5.33. The molecule has 0 aliphatic carbocycles. The van der Waals surface area contributed by atoms with E-state index in [-0.39, 0.29) is 36.1 Å². The van der Waals surface area contributed by atoms with Crippen LogP contribution in [-0.4, -0.2) is 95.6 Å². The summed E-state index contributed by atoms with van der Waals surface area (Å²) in [4.78, 5) is 52.3. The minimum absolute atomic E-state index is 0.0182. The lowest BCUT2D eigenvalue weighted by Gasteiger charge is -2.30. The fourth-order valence-electron chi connectivity index (χ4n) is 4.79. The summed E-state index contributed by atoms with van der Waals surface area (Å²) in [6.45, 7) is 25.4. The van der Waals surface area contributed by atoms with Gasteiger partial charge in [0.15, 0.2) is 0 Å². The molecular formula is C37H75N7O7. The van der Waals surface area contributed by atoms with Crippen LogP contribution in [0.25, 0.3) is 0 Å².